The molecule has 0 saturated carbocycles. The highest BCUT2D eigenvalue weighted by molar-refractivity contribution is 6.00. The van der Waals surface area contributed by atoms with Crippen molar-refractivity contribution >= 4 is 17.6 Å². The summed E-state index contributed by atoms with van der Waals surface area (Å²) in [6, 6.07) is 32.2. The Bertz CT molecular complexity index is 1610. The number of carbonyl (C=O) groups is 2. The first-order valence-electron chi connectivity index (χ1n) is 13.3. The molecule has 0 bridgehead atoms. The van der Waals surface area contributed by atoms with Crippen molar-refractivity contribution in [1.82, 2.24) is 14.3 Å². The molecular formula is C32H30N5O2+. The number of imide groups is 1. The maximum atomic E-state index is 14.6. The van der Waals surface area contributed by atoms with E-state index in [-0.39, 0.29) is 22.5 Å². The molecule has 3 heterocycles. The van der Waals surface area contributed by atoms with Crippen LogP contribution in [-0.4, -0.2) is 43.4 Å². The van der Waals surface area contributed by atoms with Gasteiger partial charge in [-0.3, -0.25) is 5.32 Å². The van der Waals surface area contributed by atoms with Crippen LogP contribution in [0.1, 0.15) is 30.3 Å². The van der Waals surface area contributed by atoms with E-state index in [0.29, 0.717) is 23.6 Å². The molecule has 1 aliphatic rings. The van der Waals surface area contributed by atoms with Crippen molar-refractivity contribution in [2.75, 3.05) is 11.9 Å². The van der Waals surface area contributed by atoms with Gasteiger partial charge in [-0.2, -0.15) is 9.58 Å². The molecule has 3 aromatic carbocycles. The molecule has 2 aromatic heterocycles. The number of urea groups is 1. The van der Waals surface area contributed by atoms with Gasteiger partial charge in [0.2, 0.25) is 0 Å². The van der Waals surface area contributed by atoms with Crippen molar-refractivity contribution in [3.63, 3.8) is 0 Å². The minimum atomic E-state index is -0.327. The van der Waals surface area contributed by atoms with Crippen LogP contribution in [0.3, 0.4) is 0 Å². The molecule has 1 unspecified atom stereocenters. The summed E-state index contributed by atoms with van der Waals surface area (Å²) >= 11 is 0. The van der Waals surface area contributed by atoms with Crippen LogP contribution in [0, 0.1) is 0 Å². The number of benzene rings is 3. The Hall–Kier alpha value is -4.75. The number of amides is 3. The Morgan fingerprint density at radius 1 is 0.872 bits per heavy atom. The standard InChI is InChI=1S/C32H29N5O2/c1-24-13-12-22-37(24,32(39)33-27-18-8-9-19-29(27)35-20-10-11-21-35)31(38)30-23-28(25-14-4-2-5-15-25)34-36(30)26-16-6-3-7-17-26/h2-11,14-21,23-24H,12-13,22H2,1H3/p+1/t24-,37?/m1/s1. The number of rotatable bonds is 5. The summed E-state index contributed by atoms with van der Waals surface area (Å²) in [4.78, 5) is 28.8. The van der Waals surface area contributed by atoms with Crippen molar-refractivity contribution in [2.45, 2.75) is 25.8 Å². The maximum absolute atomic E-state index is 14.6. The normalized spacial score (nSPS) is 18.6. The van der Waals surface area contributed by atoms with E-state index in [1.165, 1.54) is 0 Å². The number of aromatic nitrogens is 3. The highest BCUT2D eigenvalue weighted by atomic mass is 16.2. The third-order valence-corrected chi connectivity index (χ3v) is 7.64. The summed E-state index contributed by atoms with van der Waals surface area (Å²) in [7, 11) is 0. The molecule has 1 fully saturated rings. The first-order chi connectivity index (χ1) is 19.1. The third-order valence-electron chi connectivity index (χ3n) is 7.64. The maximum Gasteiger partial charge on any atom is 0.429 e. The van der Waals surface area contributed by atoms with Gasteiger partial charge in [0.15, 0.2) is 5.69 Å². The smallest absolute Gasteiger partial charge is 0.322 e. The van der Waals surface area contributed by atoms with Crippen molar-refractivity contribution in [3.8, 4) is 22.6 Å². The fraction of sp³-hybridized carbons (Fsp3) is 0.156. The lowest BCUT2D eigenvalue weighted by Gasteiger charge is -2.33. The average Bonchev–Trinajstić information content (AvgIpc) is 3.75. The summed E-state index contributed by atoms with van der Waals surface area (Å²) in [5.41, 5.74) is 4.26. The predicted molar refractivity (Wildman–Crippen MR) is 152 cm³/mol. The van der Waals surface area contributed by atoms with Gasteiger partial charge in [-0.15, -0.1) is 0 Å². The lowest BCUT2D eigenvalue weighted by Crippen LogP contribution is -2.61. The number of quaternary nitrogens is 1. The molecule has 1 saturated heterocycles. The van der Waals surface area contributed by atoms with Gasteiger partial charge in [0.05, 0.1) is 29.3 Å². The van der Waals surface area contributed by atoms with Gasteiger partial charge in [0.25, 0.3) is 0 Å². The molecule has 1 aliphatic heterocycles. The number of hydrogen-bond acceptors (Lipinski definition) is 3. The van der Waals surface area contributed by atoms with Gasteiger partial charge in [-0.05, 0) is 43.3 Å². The van der Waals surface area contributed by atoms with E-state index in [1.807, 2.05) is 127 Å². The van der Waals surface area contributed by atoms with Crippen LogP contribution in [0.4, 0.5) is 10.5 Å². The Morgan fingerprint density at radius 2 is 1.54 bits per heavy atom. The molecule has 5 aromatic rings. The molecule has 2 atom stereocenters. The summed E-state index contributed by atoms with van der Waals surface area (Å²) in [5, 5.41) is 7.96. The molecule has 6 rings (SSSR count). The van der Waals surface area contributed by atoms with E-state index in [2.05, 4.69) is 5.32 Å². The molecule has 7 heteroatoms. The number of para-hydroxylation sites is 3. The third kappa shape index (κ3) is 4.36. The number of carbonyl (C=O) groups excluding carboxylic acids is 2. The second-order valence-corrected chi connectivity index (χ2v) is 9.95. The van der Waals surface area contributed by atoms with Gasteiger partial charge in [0, 0.05) is 36.9 Å². The number of likely N-dealkylation sites (tertiary alicyclic amines) is 1. The van der Waals surface area contributed by atoms with Gasteiger partial charge in [-0.1, -0.05) is 60.7 Å². The van der Waals surface area contributed by atoms with Crippen molar-refractivity contribution < 1.29 is 14.1 Å². The lowest BCUT2D eigenvalue weighted by molar-refractivity contribution is -0.775. The van der Waals surface area contributed by atoms with Crippen molar-refractivity contribution in [2.24, 2.45) is 0 Å². The van der Waals surface area contributed by atoms with Gasteiger partial charge in [-0.25, -0.2) is 14.3 Å². The zero-order valence-corrected chi connectivity index (χ0v) is 21.8. The largest absolute Gasteiger partial charge is 0.429 e. The second kappa shape index (κ2) is 10.2. The summed E-state index contributed by atoms with van der Waals surface area (Å²) in [6.07, 6.45) is 5.43. The van der Waals surface area contributed by atoms with E-state index in [4.69, 9.17) is 5.10 Å². The molecule has 3 amide bonds. The Morgan fingerprint density at radius 3 is 2.23 bits per heavy atom. The van der Waals surface area contributed by atoms with Crippen LogP contribution < -0.4 is 5.32 Å². The van der Waals surface area contributed by atoms with Crippen molar-refractivity contribution in [3.05, 3.63) is 121 Å². The van der Waals surface area contributed by atoms with E-state index < -0.39 is 0 Å². The second-order valence-electron chi connectivity index (χ2n) is 9.95. The Kier molecular flexibility index (Phi) is 6.42. The Labute approximate surface area is 227 Å². The average molecular weight is 517 g/mol. The van der Waals surface area contributed by atoms with Gasteiger partial charge < -0.3 is 4.57 Å². The molecule has 0 aliphatic carbocycles. The van der Waals surface area contributed by atoms with Crippen LogP contribution in [0.5, 0.6) is 0 Å². The zero-order valence-electron chi connectivity index (χ0n) is 21.8. The quantitative estimate of drug-likeness (QED) is 0.264. The zero-order chi connectivity index (χ0) is 26.8. The van der Waals surface area contributed by atoms with Crippen LogP contribution in [0.2, 0.25) is 0 Å². The highest BCUT2D eigenvalue weighted by Gasteiger charge is 2.54. The van der Waals surface area contributed by atoms with Gasteiger partial charge >= 0.3 is 11.9 Å². The first-order valence-corrected chi connectivity index (χ1v) is 13.3. The summed E-state index contributed by atoms with van der Waals surface area (Å²) in [6.45, 7) is 2.42. The van der Waals surface area contributed by atoms with E-state index in [1.54, 1.807) is 4.68 Å². The first kappa shape index (κ1) is 24.6. The number of nitrogens with one attached hydrogen (secondary N) is 1. The Balaban J connectivity index is 1.44. The van der Waals surface area contributed by atoms with Crippen molar-refractivity contribution in [1.29, 1.82) is 0 Å². The molecule has 7 nitrogen and oxygen atoms in total. The summed E-state index contributed by atoms with van der Waals surface area (Å²) < 4.78 is 3.31. The van der Waals surface area contributed by atoms with Crippen LogP contribution in [0.15, 0.2) is 116 Å². The molecule has 194 valence electrons. The fourth-order valence-corrected chi connectivity index (χ4v) is 5.54. The number of anilines is 1. The topological polar surface area (TPSA) is 68.9 Å². The van der Waals surface area contributed by atoms with E-state index in [9.17, 15) is 9.59 Å². The molecule has 39 heavy (non-hydrogen) atoms. The lowest BCUT2D eigenvalue weighted by atomic mass is 10.1. The molecule has 0 radical (unpaired) electrons. The molecule has 1 N–H and O–H groups in total. The highest BCUT2D eigenvalue weighted by Crippen LogP contribution is 2.34. The SMILES string of the molecule is C[C@@H]1CCC[N+]1(C(=O)Nc1ccccc1-n1cccc1)C(=O)c1cc(-c2ccccc2)nn1-c1ccccc1. The summed E-state index contributed by atoms with van der Waals surface area (Å²) in [5.74, 6) is -0.255. The van der Waals surface area contributed by atoms with Crippen LogP contribution in [0.25, 0.3) is 22.6 Å². The minimum Gasteiger partial charge on any atom is -0.322 e. The fourth-order valence-electron chi connectivity index (χ4n) is 5.54. The van der Waals surface area contributed by atoms with Crippen LogP contribution in [-0.2, 0) is 0 Å². The van der Waals surface area contributed by atoms with E-state index in [0.717, 1.165) is 29.8 Å². The predicted octanol–water partition coefficient (Wildman–Crippen LogP) is 6.70. The minimum absolute atomic E-state index is 0.185. The monoisotopic (exact) mass is 516 g/mol. The number of nitrogens with zero attached hydrogens (tertiary/aromatic N) is 4. The number of hydrogen-bond donors (Lipinski definition) is 1. The van der Waals surface area contributed by atoms with Crippen LogP contribution >= 0.6 is 0 Å². The molecular weight excluding hydrogens is 486 g/mol. The molecule has 0 spiro atoms. The van der Waals surface area contributed by atoms with Gasteiger partial charge in [0.1, 0.15) is 6.04 Å². The van der Waals surface area contributed by atoms with E-state index >= 15 is 0 Å².